The zero-order chi connectivity index (χ0) is 25.8. The van der Waals surface area contributed by atoms with Crippen molar-refractivity contribution in [1.82, 2.24) is 19.1 Å². The number of aromatic nitrogens is 4. The standard InChI is InChI=1S/C26H23ClN6O3/c1-16(2)33-25(34)13-23(32(26(33)35)15-18-7-9-19(27)10-8-18)31-22-12-11-21(17(3)29-22)36-24-6-4-5-20(14-28)30-24/h4-13,16H,15H2,1-3H3,(H,29,31). The molecule has 0 bridgehead atoms. The minimum absolute atomic E-state index is 0.229. The van der Waals surface area contributed by atoms with E-state index in [0.717, 1.165) is 5.56 Å². The molecule has 0 amide bonds. The van der Waals surface area contributed by atoms with Crippen molar-refractivity contribution >= 4 is 23.2 Å². The zero-order valence-corrected chi connectivity index (χ0v) is 20.7. The van der Waals surface area contributed by atoms with Gasteiger partial charge in [0.1, 0.15) is 23.4 Å². The van der Waals surface area contributed by atoms with Gasteiger partial charge in [0.25, 0.3) is 5.56 Å². The fourth-order valence-corrected chi connectivity index (χ4v) is 3.73. The van der Waals surface area contributed by atoms with Gasteiger partial charge in [0.05, 0.1) is 12.2 Å². The largest absolute Gasteiger partial charge is 0.437 e. The summed E-state index contributed by atoms with van der Waals surface area (Å²) < 4.78 is 8.47. The zero-order valence-electron chi connectivity index (χ0n) is 19.9. The highest BCUT2D eigenvalue weighted by atomic mass is 35.5. The number of aryl methyl sites for hydroxylation is 1. The maximum atomic E-state index is 13.3. The lowest BCUT2D eigenvalue weighted by atomic mass is 10.2. The summed E-state index contributed by atoms with van der Waals surface area (Å²) in [6.45, 7) is 5.55. The van der Waals surface area contributed by atoms with E-state index in [2.05, 4.69) is 15.3 Å². The first kappa shape index (κ1) is 24.7. The fraction of sp³-hybridized carbons (Fsp3) is 0.192. The summed E-state index contributed by atoms with van der Waals surface area (Å²) in [5.74, 6) is 1.45. The van der Waals surface area contributed by atoms with E-state index in [9.17, 15) is 9.59 Å². The van der Waals surface area contributed by atoms with E-state index in [0.29, 0.717) is 28.1 Å². The van der Waals surface area contributed by atoms with Crippen molar-refractivity contribution in [2.24, 2.45) is 0 Å². The lowest BCUT2D eigenvalue weighted by Crippen LogP contribution is -2.41. The minimum Gasteiger partial charge on any atom is -0.437 e. The van der Waals surface area contributed by atoms with Gasteiger partial charge in [-0.1, -0.05) is 29.8 Å². The van der Waals surface area contributed by atoms with Crippen LogP contribution in [0.2, 0.25) is 5.02 Å². The van der Waals surface area contributed by atoms with Gasteiger partial charge in [-0.15, -0.1) is 0 Å². The van der Waals surface area contributed by atoms with Gasteiger partial charge in [-0.05, 0) is 56.7 Å². The predicted molar refractivity (Wildman–Crippen MR) is 137 cm³/mol. The number of anilines is 2. The lowest BCUT2D eigenvalue weighted by Gasteiger charge is -2.18. The van der Waals surface area contributed by atoms with Gasteiger partial charge >= 0.3 is 5.69 Å². The Morgan fingerprint density at radius 1 is 1.08 bits per heavy atom. The summed E-state index contributed by atoms with van der Waals surface area (Å²) in [5, 5.41) is 12.7. The number of halogens is 1. The molecular formula is C26H23ClN6O3. The molecule has 0 atom stereocenters. The molecule has 1 N–H and O–H groups in total. The fourth-order valence-electron chi connectivity index (χ4n) is 3.60. The third-order valence-electron chi connectivity index (χ3n) is 5.34. The van der Waals surface area contributed by atoms with Crippen molar-refractivity contribution in [2.75, 3.05) is 5.32 Å². The van der Waals surface area contributed by atoms with Gasteiger partial charge in [0.2, 0.25) is 5.88 Å². The summed E-state index contributed by atoms with van der Waals surface area (Å²) in [6.07, 6.45) is 0. The van der Waals surface area contributed by atoms with Crippen LogP contribution in [-0.2, 0) is 6.54 Å². The molecule has 9 nitrogen and oxygen atoms in total. The average Bonchev–Trinajstić information content (AvgIpc) is 2.84. The molecule has 0 spiro atoms. The van der Waals surface area contributed by atoms with Crippen LogP contribution in [0.1, 0.15) is 36.8 Å². The maximum absolute atomic E-state index is 13.3. The van der Waals surface area contributed by atoms with Crippen LogP contribution >= 0.6 is 11.6 Å². The molecule has 1 aromatic carbocycles. The molecule has 3 heterocycles. The first-order chi connectivity index (χ1) is 17.2. The van der Waals surface area contributed by atoms with Crippen LogP contribution in [-0.4, -0.2) is 19.1 Å². The second kappa shape index (κ2) is 10.5. The Bertz CT molecular complexity index is 1570. The van der Waals surface area contributed by atoms with Crippen molar-refractivity contribution < 1.29 is 4.74 Å². The third kappa shape index (κ3) is 5.45. The first-order valence-corrected chi connectivity index (χ1v) is 11.5. The molecule has 0 aliphatic rings. The Balaban J connectivity index is 1.67. The molecule has 3 aromatic heterocycles. The van der Waals surface area contributed by atoms with Crippen molar-refractivity contribution in [2.45, 2.75) is 33.4 Å². The molecule has 0 unspecified atom stereocenters. The van der Waals surface area contributed by atoms with E-state index in [1.807, 2.05) is 18.2 Å². The summed E-state index contributed by atoms with van der Waals surface area (Å²) in [6, 6.07) is 18.5. The molecule has 0 saturated heterocycles. The van der Waals surface area contributed by atoms with Crippen LogP contribution < -0.4 is 21.3 Å². The molecule has 0 fully saturated rings. The smallest absolute Gasteiger partial charge is 0.333 e. The number of rotatable bonds is 7. The van der Waals surface area contributed by atoms with Crippen LogP contribution in [0.3, 0.4) is 0 Å². The number of nitrogens with zero attached hydrogens (tertiary/aromatic N) is 5. The monoisotopic (exact) mass is 502 g/mol. The predicted octanol–water partition coefficient (Wildman–Crippen LogP) is 4.80. The van der Waals surface area contributed by atoms with E-state index < -0.39 is 11.2 Å². The van der Waals surface area contributed by atoms with Crippen LogP contribution in [0.5, 0.6) is 11.6 Å². The lowest BCUT2D eigenvalue weighted by molar-refractivity contribution is 0.456. The Morgan fingerprint density at radius 3 is 2.50 bits per heavy atom. The minimum atomic E-state index is -0.435. The highest BCUT2D eigenvalue weighted by Gasteiger charge is 2.15. The second-order valence-electron chi connectivity index (χ2n) is 8.31. The SMILES string of the molecule is Cc1nc(Nc2cc(=O)n(C(C)C)c(=O)n2Cc2ccc(Cl)cc2)ccc1Oc1cccc(C#N)n1. The molecule has 4 aromatic rings. The van der Waals surface area contributed by atoms with Crippen molar-refractivity contribution in [1.29, 1.82) is 5.26 Å². The van der Waals surface area contributed by atoms with E-state index in [1.54, 1.807) is 63.2 Å². The van der Waals surface area contributed by atoms with Crippen molar-refractivity contribution in [3.05, 3.63) is 103 Å². The van der Waals surface area contributed by atoms with Crippen molar-refractivity contribution in [3.63, 3.8) is 0 Å². The maximum Gasteiger partial charge on any atom is 0.333 e. The quantitative estimate of drug-likeness (QED) is 0.386. The van der Waals surface area contributed by atoms with E-state index >= 15 is 0 Å². The Labute approximate surface area is 212 Å². The van der Waals surface area contributed by atoms with Gasteiger partial charge in [-0.2, -0.15) is 5.26 Å². The third-order valence-corrected chi connectivity index (χ3v) is 5.59. The van der Waals surface area contributed by atoms with E-state index in [4.69, 9.17) is 21.6 Å². The summed E-state index contributed by atoms with van der Waals surface area (Å²) >= 11 is 6.00. The van der Waals surface area contributed by atoms with Crippen LogP contribution in [0.4, 0.5) is 11.6 Å². The molecule has 36 heavy (non-hydrogen) atoms. The average molecular weight is 503 g/mol. The van der Waals surface area contributed by atoms with Crippen LogP contribution in [0.25, 0.3) is 0 Å². The summed E-state index contributed by atoms with van der Waals surface area (Å²) in [7, 11) is 0. The Morgan fingerprint density at radius 2 is 1.83 bits per heavy atom. The molecule has 0 aliphatic carbocycles. The van der Waals surface area contributed by atoms with Gasteiger partial charge in [-0.3, -0.25) is 13.9 Å². The molecule has 0 radical (unpaired) electrons. The van der Waals surface area contributed by atoms with E-state index in [-0.39, 0.29) is 24.2 Å². The number of hydrogen-bond donors (Lipinski definition) is 1. The summed E-state index contributed by atoms with van der Waals surface area (Å²) in [5.41, 5.74) is 0.788. The van der Waals surface area contributed by atoms with Crippen molar-refractivity contribution in [3.8, 4) is 17.7 Å². The molecule has 0 aliphatic heterocycles. The molecule has 182 valence electrons. The van der Waals surface area contributed by atoms with Gasteiger partial charge < -0.3 is 10.1 Å². The van der Waals surface area contributed by atoms with Crippen LogP contribution in [0, 0.1) is 18.3 Å². The van der Waals surface area contributed by atoms with Gasteiger partial charge in [-0.25, -0.2) is 14.8 Å². The van der Waals surface area contributed by atoms with Gasteiger partial charge in [0, 0.05) is 23.2 Å². The second-order valence-corrected chi connectivity index (χ2v) is 8.74. The highest BCUT2D eigenvalue weighted by Crippen LogP contribution is 2.25. The Hall–Kier alpha value is -4.42. The number of benzene rings is 1. The molecule has 4 rings (SSSR count). The summed E-state index contributed by atoms with van der Waals surface area (Å²) in [4.78, 5) is 34.6. The number of nitrogens with one attached hydrogen (secondary N) is 1. The van der Waals surface area contributed by atoms with Gasteiger partial charge in [0.15, 0.2) is 5.75 Å². The Kier molecular flexibility index (Phi) is 7.17. The number of pyridine rings is 2. The number of nitriles is 1. The first-order valence-electron chi connectivity index (χ1n) is 11.2. The molecule has 0 saturated carbocycles. The molecule has 10 heteroatoms. The molecular weight excluding hydrogens is 480 g/mol. The number of hydrogen-bond acceptors (Lipinski definition) is 7. The van der Waals surface area contributed by atoms with Crippen LogP contribution in [0.15, 0.2) is 70.3 Å². The highest BCUT2D eigenvalue weighted by molar-refractivity contribution is 6.30. The number of ether oxygens (including phenoxy) is 1. The normalized spacial score (nSPS) is 10.8. The van der Waals surface area contributed by atoms with E-state index in [1.165, 1.54) is 15.2 Å². The topological polar surface area (TPSA) is 115 Å².